The minimum Gasteiger partial charge on any atom is -0.445 e. The van der Waals surface area contributed by atoms with Crippen LogP contribution in [-0.4, -0.2) is 36.2 Å². The van der Waals surface area contributed by atoms with Gasteiger partial charge in [0.1, 0.15) is 6.61 Å². The molecule has 1 heterocycles. The highest BCUT2D eigenvalue weighted by Gasteiger charge is 2.31. The van der Waals surface area contributed by atoms with Gasteiger partial charge in [0.2, 0.25) is 0 Å². The molecule has 2 aliphatic rings. The molecule has 0 bridgehead atoms. The Morgan fingerprint density at radius 1 is 1.21 bits per heavy atom. The largest absolute Gasteiger partial charge is 0.445 e. The van der Waals surface area contributed by atoms with Crippen LogP contribution in [0, 0.1) is 0 Å². The average molecular weight is 260 g/mol. The van der Waals surface area contributed by atoms with E-state index in [1.54, 1.807) is 0 Å². The molecule has 3 rings (SSSR count). The molecule has 2 fully saturated rings. The number of nitrogens with one attached hydrogen (secondary N) is 1. The predicted octanol–water partition coefficient (Wildman–Crippen LogP) is 2.15. The van der Waals surface area contributed by atoms with Crippen LogP contribution in [0.1, 0.15) is 24.8 Å². The lowest BCUT2D eigenvalue weighted by molar-refractivity contribution is 0.103. The van der Waals surface area contributed by atoms with Crippen LogP contribution in [0.5, 0.6) is 0 Å². The van der Waals surface area contributed by atoms with Crippen molar-refractivity contribution in [2.24, 2.45) is 0 Å². The van der Waals surface area contributed by atoms with E-state index in [4.69, 9.17) is 4.74 Å². The number of hydrogen-bond acceptors (Lipinski definition) is 3. The van der Waals surface area contributed by atoms with Crippen LogP contribution < -0.4 is 5.32 Å². The second kappa shape index (κ2) is 5.61. The summed E-state index contributed by atoms with van der Waals surface area (Å²) in [6.45, 7) is 1.94. The first-order chi connectivity index (χ1) is 9.31. The quantitative estimate of drug-likeness (QED) is 0.902. The first-order valence-corrected chi connectivity index (χ1v) is 7.03. The van der Waals surface area contributed by atoms with Crippen molar-refractivity contribution in [3.8, 4) is 0 Å². The van der Waals surface area contributed by atoms with Crippen LogP contribution in [0.3, 0.4) is 0 Å². The Balaban J connectivity index is 1.43. The molecule has 1 amide bonds. The topological polar surface area (TPSA) is 41.6 Å². The van der Waals surface area contributed by atoms with E-state index in [2.05, 4.69) is 5.32 Å². The van der Waals surface area contributed by atoms with Crippen LogP contribution in [-0.2, 0) is 11.3 Å². The van der Waals surface area contributed by atoms with E-state index >= 15 is 0 Å². The highest BCUT2D eigenvalue weighted by molar-refractivity contribution is 5.68. The molecule has 1 aromatic carbocycles. The molecular weight excluding hydrogens is 240 g/mol. The summed E-state index contributed by atoms with van der Waals surface area (Å²) >= 11 is 0. The minimum absolute atomic E-state index is 0.191. The normalized spacial score (nSPS) is 22.5. The summed E-state index contributed by atoms with van der Waals surface area (Å²) in [5, 5.41) is 3.56. The van der Waals surface area contributed by atoms with Crippen LogP contribution in [0.4, 0.5) is 4.79 Å². The van der Waals surface area contributed by atoms with Gasteiger partial charge in [0.25, 0.3) is 0 Å². The maximum absolute atomic E-state index is 11.9. The second-order valence-electron chi connectivity index (χ2n) is 5.41. The van der Waals surface area contributed by atoms with E-state index in [0.29, 0.717) is 18.7 Å². The number of ether oxygens (including phenoxy) is 1. The first kappa shape index (κ1) is 12.5. The third-order valence-corrected chi connectivity index (χ3v) is 3.70. The van der Waals surface area contributed by atoms with Gasteiger partial charge in [-0.05, 0) is 24.8 Å². The second-order valence-corrected chi connectivity index (χ2v) is 5.41. The van der Waals surface area contributed by atoms with Crippen molar-refractivity contribution >= 4 is 6.09 Å². The number of likely N-dealkylation sites (tertiary alicyclic amines) is 1. The van der Waals surface area contributed by atoms with Crippen LogP contribution in [0.25, 0.3) is 0 Å². The molecular formula is C15H20N2O2. The van der Waals surface area contributed by atoms with Crippen LogP contribution >= 0.6 is 0 Å². The molecule has 1 N–H and O–H groups in total. The zero-order valence-corrected chi connectivity index (χ0v) is 11.0. The fourth-order valence-electron chi connectivity index (χ4n) is 2.46. The fourth-order valence-corrected chi connectivity index (χ4v) is 2.46. The summed E-state index contributed by atoms with van der Waals surface area (Å²) in [6.07, 6.45) is 3.42. The molecule has 1 aromatic rings. The zero-order chi connectivity index (χ0) is 13.1. The zero-order valence-electron chi connectivity index (χ0n) is 11.0. The van der Waals surface area contributed by atoms with Crippen molar-refractivity contribution in [1.29, 1.82) is 0 Å². The Morgan fingerprint density at radius 2 is 2.00 bits per heavy atom. The maximum Gasteiger partial charge on any atom is 0.410 e. The standard InChI is InChI=1S/C15H20N2O2/c18-15(19-11-12-4-2-1-3-5-12)17-9-8-14(10-17)16-13-6-7-13/h1-5,13-14,16H,6-11H2/t14-/m1/s1. The monoisotopic (exact) mass is 260 g/mol. The summed E-state index contributed by atoms with van der Waals surface area (Å²) in [5.74, 6) is 0. The third kappa shape index (κ3) is 3.47. The molecule has 1 saturated heterocycles. The smallest absolute Gasteiger partial charge is 0.410 e. The van der Waals surface area contributed by atoms with Crippen molar-refractivity contribution in [2.45, 2.75) is 38.0 Å². The molecule has 0 aromatic heterocycles. The van der Waals surface area contributed by atoms with Crippen molar-refractivity contribution < 1.29 is 9.53 Å². The highest BCUT2D eigenvalue weighted by atomic mass is 16.6. The predicted molar refractivity (Wildman–Crippen MR) is 72.8 cm³/mol. The average Bonchev–Trinajstić information content (AvgIpc) is 3.13. The van der Waals surface area contributed by atoms with Gasteiger partial charge in [0, 0.05) is 25.2 Å². The summed E-state index contributed by atoms with van der Waals surface area (Å²) in [6, 6.07) is 11.0. The molecule has 0 spiro atoms. The van der Waals surface area contributed by atoms with Gasteiger partial charge in [0.05, 0.1) is 0 Å². The lowest BCUT2D eigenvalue weighted by Crippen LogP contribution is -2.36. The van der Waals surface area contributed by atoms with Gasteiger partial charge in [-0.2, -0.15) is 0 Å². The fraction of sp³-hybridized carbons (Fsp3) is 0.533. The molecule has 1 aliphatic heterocycles. The van der Waals surface area contributed by atoms with Crippen molar-refractivity contribution in [3.05, 3.63) is 35.9 Å². The maximum atomic E-state index is 11.9. The Bertz CT molecular complexity index is 431. The summed E-state index contributed by atoms with van der Waals surface area (Å²) in [7, 11) is 0. The SMILES string of the molecule is O=C(OCc1ccccc1)N1CC[C@@H](NC2CC2)C1. The van der Waals surface area contributed by atoms with Gasteiger partial charge in [0.15, 0.2) is 0 Å². The number of carbonyl (C=O) groups is 1. The van der Waals surface area contributed by atoms with Crippen molar-refractivity contribution in [1.82, 2.24) is 10.2 Å². The molecule has 4 nitrogen and oxygen atoms in total. The van der Waals surface area contributed by atoms with Crippen molar-refractivity contribution in [3.63, 3.8) is 0 Å². The summed E-state index contributed by atoms with van der Waals surface area (Å²) in [5.41, 5.74) is 1.03. The van der Waals surface area contributed by atoms with E-state index in [1.165, 1.54) is 12.8 Å². The van der Waals surface area contributed by atoms with E-state index < -0.39 is 0 Å². The Morgan fingerprint density at radius 3 is 2.74 bits per heavy atom. The number of benzene rings is 1. The molecule has 0 radical (unpaired) electrons. The molecule has 0 unspecified atom stereocenters. The number of rotatable bonds is 4. The number of hydrogen-bond donors (Lipinski definition) is 1. The summed E-state index contributed by atoms with van der Waals surface area (Å²) < 4.78 is 5.34. The molecule has 19 heavy (non-hydrogen) atoms. The molecule has 1 atom stereocenters. The van der Waals surface area contributed by atoms with E-state index in [9.17, 15) is 4.79 Å². The summed E-state index contributed by atoms with van der Waals surface area (Å²) in [4.78, 5) is 13.8. The lowest BCUT2D eigenvalue weighted by Gasteiger charge is -2.17. The Kier molecular flexibility index (Phi) is 3.69. The van der Waals surface area contributed by atoms with Gasteiger partial charge in [-0.3, -0.25) is 0 Å². The van der Waals surface area contributed by atoms with E-state index in [1.807, 2.05) is 35.2 Å². The van der Waals surface area contributed by atoms with Crippen molar-refractivity contribution in [2.75, 3.05) is 13.1 Å². The van der Waals surface area contributed by atoms with Crippen LogP contribution in [0.2, 0.25) is 0 Å². The highest BCUT2D eigenvalue weighted by Crippen LogP contribution is 2.22. The van der Waals surface area contributed by atoms with Gasteiger partial charge >= 0.3 is 6.09 Å². The molecule has 102 valence electrons. The number of carbonyl (C=O) groups excluding carboxylic acids is 1. The Hall–Kier alpha value is -1.55. The Labute approximate surface area is 113 Å². The first-order valence-electron chi connectivity index (χ1n) is 7.03. The number of amides is 1. The van der Waals surface area contributed by atoms with Crippen LogP contribution in [0.15, 0.2) is 30.3 Å². The van der Waals surface area contributed by atoms with Gasteiger partial charge in [-0.15, -0.1) is 0 Å². The van der Waals surface area contributed by atoms with Gasteiger partial charge < -0.3 is 15.0 Å². The van der Waals surface area contributed by atoms with E-state index in [0.717, 1.165) is 25.1 Å². The lowest BCUT2D eigenvalue weighted by atomic mass is 10.2. The van der Waals surface area contributed by atoms with E-state index in [-0.39, 0.29) is 6.09 Å². The van der Waals surface area contributed by atoms with Gasteiger partial charge in [-0.25, -0.2) is 4.79 Å². The molecule has 4 heteroatoms. The minimum atomic E-state index is -0.191. The van der Waals surface area contributed by atoms with Gasteiger partial charge in [-0.1, -0.05) is 30.3 Å². The third-order valence-electron chi connectivity index (χ3n) is 3.70. The molecule has 1 saturated carbocycles. The molecule has 1 aliphatic carbocycles. The number of nitrogens with zero attached hydrogens (tertiary/aromatic N) is 1.